The summed E-state index contributed by atoms with van der Waals surface area (Å²) in [5.41, 5.74) is 1.45. The highest BCUT2D eigenvalue weighted by atomic mass is 32.2. The van der Waals surface area contributed by atoms with E-state index in [0.29, 0.717) is 24.7 Å². The molecular formula is C28H31F3N6O2S2. The number of thiophene rings is 1. The number of carbonyl (C=O) groups is 1. The number of nitrogens with one attached hydrogen (secondary N) is 2. The van der Waals surface area contributed by atoms with Crippen molar-refractivity contribution in [2.24, 2.45) is 0 Å². The van der Waals surface area contributed by atoms with Gasteiger partial charge in [-0.2, -0.15) is 13.2 Å². The molecule has 1 saturated carbocycles. The van der Waals surface area contributed by atoms with Crippen LogP contribution in [0.25, 0.3) is 10.6 Å². The number of rotatable bonds is 6. The Morgan fingerprint density at radius 3 is 2.73 bits per heavy atom. The van der Waals surface area contributed by atoms with Gasteiger partial charge in [0, 0.05) is 61.6 Å². The zero-order valence-electron chi connectivity index (χ0n) is 22.8. The Kier molecular flexibility index (Phi) is 7.53. The quantitative estimate of drug-likeness (QED) is 0.407. The lowest BCUT2D eigenvalue weighted by molar-refractivity contribution is -0.137. The van der Waals surface area contributed by atoms with Crippen molar-refractivity contribution in [1.29, 1.82) is 0 Å². The summed E-state index contributed by atoms with van der Waals surface area (Å²) in [5.74, 6) is 0.00977. The third kappa shape index (κ3) is 5.71. The molecule has 1 aliphatic carbocycles. The van der Waals surface area contributed by atoms with Gasteiger partial charge in [0.2, 0.25) is 5.95 Å². The van der Waals surface area contributed by atoms with Crippen LogP contribution < -0.4 is 15.5 Å². The lowest BCUT2D eigenvalue weighted by Gasteiger charge is -2.34. The molecule has 2 fully saturated rings. The number of aromatic nitrogens is 2. The molecular weight excluding hydrogens is 573 g/mol. The van der Waals surface area contributed by atoms with E-state index in [4.69, 9.17) is 0 Å². The highest BCUT2D eigenvalue weighted by Crippen LogP contribution is 2.42. The van der Waals surface area contributed by atoms with Crippen molar-refractivity contribution < 1.29 is 22.2 Å². The minimum atomic E-state index is -4.71. The van der Waals surface area contributed by atoms with E-state index in [-0.39, 0.29) is 44.0 Å². The van der Waals surface area contributed by atoms with E-state index in [1.165, 1.54) is 6.07 Å². The van der Waals surface area contributed by atoms with Crippen LogP contribution in [0.1, 0.15) is 47.5 Å². The number of halogens is 3. The Morgan fingerprint density at radius 1 is 1.22 bits per heavy atom. The zero-order valence-corrected chi connectivity index (χ0v) is 24.4. The molecule has 6 rings (SSSR count). The van der Waals surface area contributed by atoms with Gasteiger partial charge in [-0.3, -0.25) is 9.00 Å². The number of piperazine rings is 1. The SMILES string of the molecule is CCc1cc(N2CCNC(C)C2)ccc1Nc1ncc(C(F)(F)F)c(-c2cc3c(s2)C(=O)N(C2CC2)CCS3=O)n1. The molecule has 3 aromatic rings. The first-order valence-corrected chi connectivity index (χ1v) is 15.9. The zero-order chi connectivity index (χ0) is 28.9. The number of anilines is 3. The van der Waals surface area contributed by atoms with Gasteiger partial charge in [-0.05, 0) is 56.0 Å². The molecule has 2 atom stereocenters. The van der Waals surface area contributed by atoms with Gasteiger partial charge in [-0.25, -0.2) is 9.97 Å². The minimum absolute atomic E-state index is 0.0156. The van der Waals surface area contributed by atoms with Gasteiger partial charge in [0.1, 0.15) is 10.4 Å². The number of benzene rings is 1. The molecule has 1 aromatic carbocycles. The summed E-state index contributed by atoms with van der Waals surface area (Å²) >= 11 is 0.920. The standard InChI is InChI=1S/C28H31F3N6O2S2/c1-3-17-12-19(36-9-8-32-16(2)15-36)6-7-21(17)34-27-33-14-20(28(29,30)31)24(35-27)22-13-23-25(40-22)26(38)37(18-4-5-18)10-11-41(23)39/h6-7,12-14,16,18,32H,3-5,8-11,15H2,1-2H3,(H,33,34,35). The third-order valence-corrected chi connectivity index (χ3v) is 10.3. The van der Waals surface area contributed by atoms with Gasteiger partial charge in [0.15, 0.2) is 0 Å². The van der Waals surface area contributed by atoms with E-state index in [1.807, 2.05) is 19.1 Å². The van der Waals surface area contributed by atoms with Crippen molar-refractivity contribution in [1.82, 2.24) is 20.2 Å². The van der Waals surface area contributed by atoms with E-state index in [9.17, 15) is 22.2 Å². The molecule has 0 bridgehead atoms. The molecule has 2 unspecified atom stereocenters. The number of aryl methyl sites for hydroxylation is 1. The first-order valence-electron chi connectivity index (χ1n) is 13.8. The summed E-state index contributed by atoms with van der Waals surface area (Å²) in [6.45, 7) is 7.22. The Labute approximate surface area is 242 Å². The van der Waals surface area contributed by atoms with Crippen molar-refractivity contribution >= 4 is 45.4 Å². The van der Waals surface area contributed by atoms with Crippen molar-refractivity contribution in [2.75, 3.05) is 42.1 Å². The molecule has 218 valence electrons. The summed E-state index contributed by atoms with van der Waals surface area (Å²) < 4.78 is 55.3. The summed E-state index contributed by atoms with van der Waals surface area (Å²) in [7, 11) is -1.49. The molecule has 3 aliphatic rings. The number of hydrogen-bond acceptors (Lipinski definition) is 8. The van der Waals surface area contributed by atoms with E-state index in [1.54, 1.807) is 4.90 Å². The lowest BCUT2D eigenvalue weighted by atomic mass is 10.1. The number of nitrogens with zero attached hydrogens (tertiary/aromatic N) is 4. The predicted octanol–water partition coefficient (Wildman–Crippen LogP) is 5.05. The van der Waals surface area contributed by atoms with Gasteiger partial charge >= 0.3 is 6.18 Å². The summed E-state index contributed by atoms with van der Waals surface area (Å²) in [5, 5.41) is 6.55. The second-order valence-corrected chi connectivity index (χ2v) is 13.2. The molecule has 2 aliphatic heterocycles. The van der Waals surface area contributed by atoms with Gasteiger partial charge < -0.3 is 20.4 Å². The normalized spacial score (nSPS) is 21.5. The van der Waals surface area contributed by atoms with E-state index >= 15 is 0 Å². The Hall–Kier alpha value is -3.03. The molecule has 4 heterocycles. The molecule has 2 N–H and O–H groups in total. The van der Waals surface area contributed by atoms with Crippen LogP contribution in [0.3, 0.4) is 0 Å². The van der Waals surface area contributed by atoms with Gasteiger partial charge in [0.25, 0.3) is 5.91 Å². The van der Waals surface area contributed by atoms with Crippen molar-refractivity contribution in [2.45, 2.75) is 56.3 Å². The monoisotopic (exact) mass is 604 g/mol. The molecule has 2 aromatic heterocycles. The fraction of sp³-hybridized carbons (Fsp3) is 0.464. The maximum atomic E-state index is 14.1. The molecule has 1 saturated heterocycles. The van der Waals surface area contributed by atoms with Crippen LogP contribution in [0, 0.1) is 0 Å². The first kappa shape index (κ1) is 28.1. The van der Waals surface area contributed by atoms with Crippen LogP contribution in [-0.2, 0) is 23.4 Å². The van der Waals surface area contributed by atoms with Gasteiger partial charge in [-0.1, -0.05) is 6.92 Å². The summed E-state index contributed by atoms with van der Waals surface area (Å²) in [6, 6.07) is 7.92. The second-order valence-electron chi connectivity index (χ2n) is 10.7. The highest BCUT2D eigenvalue weighted by Gasteiger charge is 2.40. The van der Waals surface area contributed by atoms with E-state index < -0.39 is 22.5 Å². The predicted molar refractivity (Wildman–Crippen MR) is 154 cm³/mol. The van der Waals surface area contributed by atoms with Crippen LogP contribution in [0.4, 0.5) is 30.5 Å². The Bertz CT molecular complexity index is 1510. The third-order valence-electron chi connectivity index (χ3n) is 7.68. The van der Waals surface area contributed by atoms with Gasteiger partial charge in [-0.15, -0.1) is 11.3 Å². The number of alkyl halides is 3. The molecule has 0 radical (unpaired) electrons. The Morgan fingerprint density at radius 2 is 2.02 bits per heavy atom. The van der Waals surface area contributed by atoms with Crippen molar-refractivity contribution in [3.05, 3.63) is 46.5 Å². The van der Waals surface area contributed by atoms with E-state index in [0.717, 1.165) is 61.3 Å². The largest absolute Gasteiger partial charge is 0.420 e. The fourth-order valence-corrected chi connectivity index (χ4v) is 8.00. The molecule has 8 nitrogen and oxygen atoms in total. The molecule has 0 spiro atoms. The number of hydrogen-bond donors (Lipinski definition) is 2. The fourth-order valence-electron chi connectivity index (χ4n) is 5.38. The lowest BCUT2D eigenvalue weighted by Crippen LogP contribution is -2.49. The number of fused-ring (bicyclic) bond motifs is 1. The topological polar surface area (TPSA) is 90.5 Å². The summed E-state index contributed by atoms with van der Waals surface area (Å²) in [4.78, 5) is 26.2. The van der Waals surface area contributed by atoms with Crippen molar-refractivity contribution in [3.63, 3.8) is 0 Å². The second kappa shape index (κ2) is 11.0. The number of amides is 1. The molecule has 13 heteroatoms. The first-order chi connectivity index (χ1) is 19.6. The molecule has 41 heavy (non-hydrogen) atoms. The minimum Gasteiger partial charge on any atom is -0.369 e. The molecule has 1 amide bonds. The van der Waals surface area contributed by atoms with Crippen LogP contribution in [0.5, 0.6) is 0 Å². The van der Waals surface area contributed by atoms with Crippen LogP contribution in [0.2, 0.25) is 0 Å². The Balaban J connectivity index is 1.34. The maximum absolute atomic E-state index is 14.1. The van der Waals surface area contributed by atoms with Gasteiger partial charge in [0.05, 0.1) is 26.3 Å². The van der Waals surface area contributed by atoms with Crippen LogP contribution in [-0.4, -0.2) is 69.0 Å². The van der Waals surface area contributed by atoms with Crippen molar-refractivity contribution in [3.8, 4) is 10.6 Å². The highest BCUT2D eigenvalue weighted by molar-refractivity contribution is 7.85. The number of carbonyl (C=O) groups excluding carboxylic acids is 1. The van der Waals surface area contributed by atoms with Crippen LogP contribution >= 0.6 is 11.3 Å². The average Bonchev–Trinajstić information content (AvgIpc) is 3.70. The summed E-state index contributed by atoms with van der Waals surface area (Å²) in [6.07, 6.45) is -1.46. The maximum Gasteiger partial charge on any atom is 0.420 e. The van der Waals surface area contributed by atoms with E-state index in [2.05, 4.69) is 38.5 Å². The van der Waals surface area contributed by atoms with Crippen LogP contribution in [0.15, 0.2) is 35.4 Å². The smallest absolute Gasteiger partial charge is 0.369 e. The average molecular weight is 605 g/mol.